The highest BCUT2D eigenvalue weighted by molar-refractivity contribution is 7.11. The van der Waals surface area contributed by atoms with Crippen molar-refractivity contribution in [3.05, 3.63) is 58.3 Å². The molecule has 1 aromatic heterocycles. The number of oxime groups is 1. The Labute approximate surface area is 97.0 Å². The minimum atomic E-state index is -0.451. The zero-order chi connectivity index (χ0) is 11.2. The molecule has 0 spiro atoms. The molecule has 0 bridgehead atoms. The van der Waals surface area contributed by atoms with E-state index >= 15 is 0 Å². The molecule has 0 saturated heterocycles. The monoisotopic (exact) mass is 231 g/mol. The second-order valence-corrected chi connectivity index (χ2v) is 3.97. The summed E-state index contributed by atoms with van der Waals surface area (Å²) in [5.74, 6) is -0.451. The molecule has 4 heteroatoms. The standard InChI is InChI=1S/C12H9NO2S/c14-12(10-5-2-1-3-6-10)15-13-9-11-7-4-8-16-11/h1-9H/b13-9-. The molecule has 2 rings (SSSR count). The van der Waals surface area contributed by atoms with E-state index in [0.717, 1.165) is 4.88 Å². The van der Waals surface area contributed by atoms with Crippen LogP contribution in [0.4, 0.5) is 0 Å². The number of thiophene rings is 1. The molecule has 0 aliphatic carbocycles. The van der Waals surface area contributed by atoms with Crippen molar-refractivity contribution in [2.24, 2.45) is 5.16 Å². The summed E-state index contributed by atoms with van der Waals surface area (Å²) in [6.07, 6.45) is 1.52. The maximum absolute atomic E-state index is 11.4. The van der Waals surface area contributed by atoms with Gasteiger partial charge in [-0.2, -0.15) is 0 Å². The van der Waals surface area contributed by atoms with E-state index in [1.54, 1.807) is 24.3 Å². The van der Waals surface area contributed by atoms with E-state index in [0.29, 0.717) is 5.56 Å². The van der Waals surface area contributed by atoms with Gasteiger partial charge in [0.15, 0.2) is 0 Å². The van der Waals surface area contributed by atoms with E-state index < -0.39 is 5.97 Å². The number of hydrogen-bond donors (Lipinski definition) is 0. The van der Waals surface area contributed by atoms with Crippen LogP contribution in [-0.2, 0) is 4.84 Å². The van der Waals surface area contributed by atoms with Crippen LogP contribution in [0.15, 0.2) is 53.0 Å². The van der Waals surface area contributed by atoms with Crippen molar-refractivity contribution in [2.75, 3.05) is 0 Å². The second kappa shape index (κ2) is 5.23. The molecule has 1 aromatic carbocycles. The summed E-state index contributed by atoms with van der Waals surface area (Å²) in [4.78, 5) is 17.1. The lowest BCUT2D eigenvalue weighted by Gasteiger charge is -1.95. The van der Waals surface area contributed by atoms with Crippen LogP contribution < -0.4 is 0 Å². The third kappa shape index (κ3) is 2.77. The summed E-state index contributed by atoms with van der Waals surface area (Å²) in [7, 11) is 0. The largest absolute Gasteiger partial charge is 0.365 e. The predicted octanol–water partition coefficient (Wildman–Crippen LogP) is 2.94. The van der Waals surface area contributed by atoms with Crippen molar-refractivity contribution in [1.82, 2.24) is 0 Å². The first-order chi connectivity index (χ1) is 7.86. The van der Waals surface area contributed by atoms with Gasteiger partial charge in [0.05, 0.1) is 11.8 Å². The Morgan fingerprint density at radius 2 is 2.00 bits per heavy atom. The smallest absolute Gasteiger partial charge is 0.313 e. The highest BCUT2D eigenvalue weighted by Crippen LogP contribution is 2.05. The molecule has 0 aliphatic heterocycles. The number of hydrogen-bond acceptors (Lipinski definition) is 4. The molecule has 0 amide bonds. The summed E-state index contributed by atoms with van der Waals surface area (Å²) in [5, 5.41) is 5.56. The molecular weight excluding hydrogens is 222 g/mol. The molecule has 0 aliphatic rings. The summed E-state index contributed by atoms with van der Waals surface area (Å²) >= 11 is 1.53. The molecular formula is C12H9NO2S. The average Bonchev–Trinajstić information content (AvgIpc) is 2.83. The van der Waals surface area contributed by atoms with Gasteiger partial charge in [-0.25, -0.2) is 4.79 Å². The van der Waals surface area contributed by atoms with Gasteiger partial charge >= 0.3 is 5.97 Å². The van der Waals surface area contributed by atoms with Crippen molar-refractivity contribution < 1.29 is 9.63 Å². The molecule has 3 nitrogen and oxygen atoms in total. The van der Waals surface area contributed by atoms with E-state index in [-0.39, 0.29) is 0 Å². The van der Waals surface area contributed by atoms with Crippen LogP contribution in [0, 0.1) is 0 Å². The van der Waals surface area contributed by atoms with Crippen molar-refractivity contribution in [1.29, 1.82) is 0 Å². The van der Waals surface area contributed by atoms with Crippen LogP contribution in [0.1, 0.15) is 15.2 Å². The molecule has 80 valence electrons. The number of carbonyl (C=O) groups excluding carboxylic acids is 1. The van der Waals surface area contributed by atoms with E-state index in [2.05, 4.69) is 5.16 Å². The SMILES string of the molecule is O=C(O/N=C\c1cccs1)c1ccccc1. The number of nitrogens with zero attached hydrogens (tertiary/aromatic N) is 1. The summed E-state index contributed by atoms with van der Waals surface area (Å²) in [5.41, 5.74) is 0.492. The average molecular weight is 231 g/mol. The Bertz CT molecular complexity index is 477. The molecule has 16 heavy (non-hydrogen) atoms. The van der Waals surface area contributed by atoms with Crippen molar-refractivity contribution in [2.45, 2.75) is 0 Å². The van der Waals surface area contributed by atoms with Gasteiger partial charge in [0.25, 0.3) is 0 Å². The summed E-state index contributed by atoms with van der Waals surface area (Å²) < 4.78 is 0. The second-order valence-electron chi connectivity index (χ2n) is 2.99. The Hall–Kier alpha value is -1.94. The third-order valence-corrected chi connectivity index (χ3v) is 2.68. The Morgan fingerprint density at radius 1 is 1.19 bits per heavy atom. The van der Waals surface area contributed by atoms with Crippen LogP contribution in [0.5, 0.6) is 0 Å². The number of rotatable bonds is 3. The van der Waals surface area contributed by atoms with Crippen LogP contribution in [0.25, 0.3) is 0 Å². The first-order valence-electron chi connectivity index (χ1n) is 4.69. The number of carbonyl (C=O) groups is 1. The normalized spacial score (nSPS) is 10.5. The summed E-state index contributed by atoms with van der Waals surface area (Å²) in [6, 6.07) is 12.6. The molecule has 0 saturated carbocycles. The van der Waals surface area contributed by atoms with Crippen LogP contribution in [0.3, 0.4) is 0 Å². The van der Waals surface area contributed by atoms with Gasteiger partial charge in [-0.3, -0.25) is 0 Å². The van der Waals surface area contributed by atoms with E-state index in [1.807, 2.05) is 23.6 Å². The van der Waals surface area contributed by atoms with Gasteiger partial charge in [-0.1, -0.05) is 29.4 Å². The molecule has 0 fully saturated rings. The minimum absolute atomic E-state index is 0.451. The zero-order valence-corrected chi connectivity index (χ0v) is 9.18. The quantitative estimate of drug-likeness (QED) is 0.463. The lowest BCUT2D eigenvalue weighted by molar-refractivity contribution is 0.0519. The predicted molar refractivity (Wildman–Crippen MR) is 63.8 cm³/mol. The Balaban J connectivity index is 1.94. The van der Waals surface area contributed by atoms with Gasteiger partial charge in [0, 0.05) is 4.88 Å². The van der Waals surface area contributed by atoms with Crippen molar-refractivity contribution in [3.63, 3.8) is 0 Å². The maximum Gasteiger partial charge on any atom is 0.365 e. The lowest BCUT2D eigenvalue weighted by Crippen LogP contribution is -2.00. The molecule has 2 aromatic rings. The van der Waals surface area contributed by atoms with Crippen LogP contribution >= 0.6 is 11.3 Å². The Morgan fingerprint density at radius 3 is 2.69 bits per heavy atom. The van der Waals surface area contributed by atoms with E-state index in [9.17, 15) is 4.79 Å². The lowest BCUT2D eigenvalue weighted by atomic mass is 10.2. The fourth-order valence-electron chi connectivity index (χ4n) is 1.12. The molecule has 0 radical (unpaired) electrons. The number of benzene rings is 1. The fourth-order valence-corrected chi connectivity index (χ4v) is 1.69. The van der Waals surface area contributed by atoms with Gasteiger partial charge in [-0.05, 0) is 23.6 Å². The van der Waals surface area contributed by atoms with E-state index in [1.165, 1.54) is 17.6 Å². The van der Waals surface area contributed by atoms with Gasteiger partial charge in [0.2, 0.25) is 0 Å². The highest BCUT2D eigenvalue weighted by atomic mass is 32.1. The van der Waals surface area contributed by atoms with Gasteiger partial charge in [-0.15, -0.1) is 11.3 Å². The topological polar surface area (TPSA) is 38.7 Å². The van der Waals surface area contributed by atoms with Crippen molar-refractivity contribution >= 4 is 23.5 Å². The fraction of sp³-hybridized carbons (Fsp3) is 0. The van der Waals surface area contributed by atoms with Gasteiger partial charge in [0.1, 0.15) is 0 Å². The first-order valence-corrected chi connectivity index (χ1v) is 5.57. The molecule has 1 heterocycles. The zero-order valence-electron chi connectivity index (χ0n) is 8.37. The minimum Gasteiger partial charge on any atom is -0.313 e. The van der Waals surface area contributed by atoms with E-state index in [4.69, 9.17) is 4.84 Å². The molecule has 0 unspecified atom stereocenters. The van der Waals surface area contributed by atoms with Crippen LogP contribution in [0.2, 0.25) is 0 Å². The maximum atomic E-state index is 11.4. The van der Waals surface area contributed by atoms with Gasteiger partial charge < -0.3 is 4.84 Å². The summed E-state index contributed by atoms with van der Waals surface area (Å²) in [6.45, 7) is 0. The van der Waals surface area contributed by atoms with Crippen LogP contribution in [-0.4, -0.2) is 12.2 Å². The van der Waals surface area contributed by atoms with Crippen molar-refractivity contribution in [3.8, 4) is 0 Å². The molecule has 0 atom stereocenters. The first kappa shape index (κ1) is 10.6. The highest BCUT2D eigenvalue weighted by Gasteiger charge is 2.04. The molecule has 0 N–H and O–H groups in total. The Kier molecular flexibility index (Phi) is 3.46. The third-order valence-electron chi connectivity index (χ3n) is 1.87.